The lowest BCUT2D eigenvalue weighted by Crippen LogP contribution is -2.30. The first kappa shape index (κ1) is 17.3. The molecule has 0 spiro atoms. The molecule has 1 aromatic rings. The Morgan fingerprint density at radius 2 is 2.14 bits per heavy atom. The predicted molar refractivity (Wildman–Crippen MR) is 74.5 cm³/mol. The minimum absolute atomic E-state index is 0.109. The molecule has 21 heavy (non-hydrogen) atoms. The second-order valence-corrected chi connectivity index (χ2v) is 4.88. The van der Waals surface area contributed by atoms with E-state index in [1.165, 1.54) is 0 Å². The highest BCUT2D eigenvalue weighted by atomic mass is 35.5. The number of amides is 1. The first-order valence-electron chi connectivity index (χ1n) is 6.38. The van der Waals surface area contributed by atoms with Crippen molar-refractivity contribution < 1.29 is 18.5 Å². The number of hydrogen-bond acceptors (Lipinski definition) is 3. The van der Waals surface area contributed by atoms with Crippen LogP contribution in [0.5, 0.6) is 0 Å². The molecule has 0 aliphatic heterocycles. The van der Waals surface area contributed by atoms with Crippen molar-refractivity contribution in [3.05, 3.63) is 39.4 Å². The Hall–Kier alpha value is -1.76. The molecule has 1 unspecified atom stereocenters. The van der Waals surface area contributed by atoms with E-state index >= 15 is 0 Å². The Morgan fingerprint density at radius 3 is 2.67 bits per heavy atom. The van der Waals surface area contributed by atoms with E-state index in [-0.39, 0.29) is 12.5 Å². The van der Waals surface area contributed by atoms with Gasteiger partial charge in [-0.2, -0.15) is 4.39 Å². The molecule has 0 radical (unpaired) electrons. The van der Waals surface area contributed by atoms with Gasteiger partial charge in [-0.05, 0) is 18.4 Å². The van der Waals surface area contributed by atoms with Gasteiger partial charge in [0.15, 0.2) is 0 Å². The fourth-order valence-electron chi connectivity index (χ4n) is 1.81. The zero-order valence-electron chi connectivity index (χ0n) is 11.4. The van der Waals surface area contributed by atoms with Gasteiger partial charge < -0.3 is 5.32 Å². The lowest BCUT2D eigenvalue weighted by Gasteiger charge is -2.14. The minimum Gasteiger partial charge on any atom is -0.352 e. The number of halogens is 3. The van der Waals surface area contributed by atoms with E-state index in [0.29, 0.717) is 24.4 Å². The van der Waals surface area contributed by atoms with E-state index in [4.69, 9.17) is 11.6 Å². The van der Waals surface area contributed by atoms with Crippen LogP contribution in [0.2, 0.25) is 0 Å². The number of nitro groups is 1. The smallest absolute Gasteiger partial charge is 0.308 e. The first-order valence-corrected chi connectivity index (χ1v) is 6.91. The summed E-state index contributed by atoms with van der Waals surface area (Å²) in [4.78, 5) is 21.4. The van der Waals surface area contributed by atoms with Crippen molar-refractivity contribution in [3.63, 3.8) is 0 Å². The molecule has 5 nitrogen and oxygen atoms in total. The first-order chi connectivity index (χ1) is 9.90. The van der Waals surface area contributed by atoms with Gasteiger partial charge in [0.05, 0.1) is 16.6 Å². The number of rotatable bonds is 7. The highest BCUT2D eigenvalue weighted by Gasteiger charge is 2.24. The standard InChI is InChI=1S/C13H15ClF2N2O3/c1-2-8(3-4-14)7-17-13(19)10-5-9(15)6-11(12(10)16)18(20)21/h5-6,8H,2-4,7H2,1H3,(H,17,19). The number of nitro benzene ring substituents is 1. The predicted octanol–water partition coefficient (Wildman–Crippen LogP) is 3.26. The lowest BCUT2D eigenvalue weighted by atomic mass is 10.0. The second kappa shape index (κ2) is 7.87. The van der Waals surface area contributed by atoms with Crippen LogP contribution >= 0.6 is 11.6 Å². The van der Waals surface area contributed by atoms with Crippen LogP contribution in [0.1, 0.15) is 30.1 Å². The molecule has 1 aromatic carbocycles. The van der Waals surface area contributed by atoms with Gasteiger partial charge in [-0.3, -0.25) is 14.9 Å². The molecule has 1 N–H and O–H groups in total. The third-order valence-corrected chi connectivity index (χ3v) is 3.32. The molecule has 0 aliphatic carbocycles. The van der Waals surface area contributed by atoms with E-state index in [2.05, 4.69) is 5.32 Å². The number of alkyl halides is 1. The van der Waals surface area contributed by atoms with Gasteiger partial charge in [0.25, 0.3) is 5.91 Å². The van der Waals surface area contributed by atoms with Gasteiger partial charge in [0.2, 0.25) is 5.82 Å². The maximum absolute atomic E-state index is 13.8. The van der Waals surface area contributed by atoms with Gasteiger partial charge in [0, 0.05) is 12.4 Å². The van der Waals surface area contributed by atoms with Gasteiger partial charge in [-0.15, -0.1) is 11.6 Å². The van der Waals surface area contributed by atoms with Crippen LogP contribution in [-0.2, 0) is 0 Å². The molecule has 0 saturated carbocycles. The van der Waals surface area contributed by atoms with Crippen molar-refractivity contribution in [2.45, 2.75) is 19.8 Å². The highest BCUT2D eigenvalue weighted by molar-refractivity contribution is 6.17. The van der Waals surface area contributed by atoms with Gasteiger partial charge in [-0.25, -0.2) is 4.39 Å². The number of benzene rings is 1. The van der Waals surface area contributed by atoms with E-state index < -0.39 is 33.7 Å². The summed E-state index contributed by atoms with van der Waals surface area (Å²) in [5.74, 6) is -2.74. The fraction of sp³-hybridized carbons (Fsp3) is 0.462. The summed E-state index contributed by atoms with van der Waals surface area (Å²) in [6.45, 7) is 2.16. The van der Waals surface area contributed by atoms with Crippen molar-refractivity contribution in [2.24, 2.45) is 5.92 Å². The van der Waals surface area contributed by atoms with Crippen molar-refractivity contribution in [1.29, 1.82) is 0 Å². The molecule has 0 fully saturated rings. The zero-order valence-corrected chi connectivity index (χ0v) is 12.1. The van der Waals surface area contributed by atoms with Crippen LogP contribution in [0.15, 0.2) is 12.1 Å². The van der Waals surface area contributed by atoms with Crippen LogP contribution in [0.4, 0.5) is 14.5 Å². The molecule has 0 bridgehead atoms. The topological polar surface area (TPSA) is 72.2 Å². The van der Waals surface area contributed by atoms with Crippen molar-refractivity contribution in [2.75, 3.05) is 12.4 Å². The summed E-state index contributed by atoms with van der Waals surface area (Å²) in [6.07, 6.45) is 1.43. The lowest BCUT2D eigenvalue weighted by molar-refractivity contribution is -0.387. The number of hydrogen-bond donors (Lipinski definition) is 1. The molecule has 0 saturated heterocycles. The average molecular weight is 321 g/mol. The largest absolute Gasteiger partial charge is 0.352 e. The van der Waals surface area contributed by atoms with Crippen LogP contribution in [0.3, 0.4) is 0 Å². The van der Waals surface area contributed by atoms with E-state index in [0.717, 1.165) is 6.42 Å². The molecular weight excluding hydrogens is 306 g/mol. The Bertz CT molecular complexity index is 540. The average Bonchev–Trinajstić information content (AvgIpc) is 2.44. The molecular formula is C13H15ClF2N2O3. The van der Waals surface area contributed by atoms with Gasteiger partial charge in [0.1, 0.15) is 5.82 Å². The van der Waals surface area contributed by atoms with E-state index in [1.54, 1.807) is 0 Å². The molecule has 1 rings (SSSR count). The summed E-state index contributed by atoms with van der Waals surface area (Å²) in [6, 6.07) is 1.08. The zero-order chi connectivity index (χ0) is 16.0. The van der Waals surface area contributed by atoms with Crippen LogP contribution in [0, 0.1) is 27.7 Å². The maximum atomic E-state index is 13.8. The summed E-state index contributed by atoms with van der Waals surface area (Å²) < 4.78 is 27.1. The summed E-state index contributed by atoms with van der Waals surface area (Å²) in [7, 11) is 0. The Labute approximate surface area is 125 Å². The normalized spacial score (nSPS) is 12.0. The molecule has 0 heterocycles. The Balaban J connectivity index is 2.90. The molecule has 116 valence electrons. The van der Waals surface area contributed by atoms with Crippen LogP contribution < -0.4 is 5.32 Å². The number of carbonyl (C=O) groups is 1. The number of nitrogens with zero attached hydrogens (tertiary/aromatic N) is 1. The van der Waals surface area contributed by atoms with Crippen molar-refractivity contribution in [1.82, 2.24) is 5.32 Å². The quantitative estimate of drug-likeness (QED) is 0.476. The van der Waals surface area contributed by atoms with Crippen LogP contribution in [-0.4, -0.2) is 23.3 Å². The molecule has 0 aromatic heterocycles. The molecule has 0 aliphatic rings. The van der Waals surface area contributed by atoms with Crippen LogP contribution in [0.25, 0.3) is 0 Å². The molecule has 8 heteroatoms. The monoisotopic (exact) mass is 320 g/mol. The molecule has 1 atom stereocenters. The van der Waals surface area contributed by atoms with E-state index in [9.17, 15) is 23.7 Å². The van der Waals surface area contributed by atoms with Gasteiger partial charge >= 0.3 is 5.69 Å². The molecule has 1 amide bonds. The minimum atomic E-state index is -1.34. The highest BCUT2D eigenvalue weighted by Crippen LogP contribution is 2.22. The number of nitrogens with one attached hydrogen (secondary N) is 1. The Morgan fingerprint density at radius 1 is 1.48 bits per heavy atom. The summed E-state index contributed by atoms with van der Waals surface area (Å²) in [5, 5.41) is 13.0. The maximum Gasteiger partial charge on any atom is 0.308 e. The third kappa shape index (κ3) is 4.63. The fourth-order valence-corrected chi connectivity index (χ4v) is 2.12. The van der Waals surface area contributed by atoms with Gasteiger partial charge in [-0.1, -0.05) is 13.3 Å². The Kier molecular flexibility index (Phi) is 6.48. The second-order valence-electron chi connectivity index (χ2n) is 4.51. The third-order valence-electron chi connectivity index (χ3n) is 3.11. The van der Waals surface area contributed by atoms with Crippen molar-refractivity contribution >= 4 is 23.2 Å². The summed E-state index contributed by atoms with van der Waals surface area (Å²) >= 11 is 5.61. The van der Waals surface area contributed by atoms with E-state index in [1.807, 2.05) is 6.92 Å². The SMILES string of the molecule is CCC(CCCl)CNC(=O)c1cc(F)cc([N+](=O)[O-])c1F. The summed E-state index contributed by atoms with van der Waals surface area (Å²) in [5.41, 5.74) is -1.74. The number of carbonyl (C=O) groups excluding carboxylic acids is 1. The van der Waals surface area contributed by atoms with Crippen molar-refractivity contribution in [3.8, 4) is 0 Å².